The van der Waals surface area contributed by atoms with Crippen LogP contribution in [0.3, 0.4) is 0 Å². The smallest absolute Gasteiger partial charge is 0.302 e. The number of nitrogens with zero attached hydrogens (tertiary/aromatic N) is 1. The molecular formula is C16H26N2O7. The molecule has 1 aromatic rings. The molecule has 4 N–H and O–H groups in total. The van der Waals surface area contributed by atoms with Crippen LogP contribution in [0.2, 0.25) is 0 Å². The number of rotatable bonds is 14. The average molecular weight is 359 g/mol. The van der Waals surface area contributed by atoms with Crippen molar-refractivity contribution in [1.82, 2.24) is 4.90 Å². The Morgan fingerprint density at radius 2 is 2.16 bits per heavy atom. The van der Waals surface area contributed by atoms with E-state index in [1.807, 2.05) is 4.90 Å². The third-order valence-corrected chi connectivity index (χ3v) is 3.40. The van der Waals surface area contributed by atoms with Crippen molar-refractivity contribution in [1.29, 1.82) is 1.43 Å². The van der Waals surface area contributed by atoms with Crippen molar-refractivity contribution < 1.29 is 34.7 Å². The minimum absolute atomic E-state index is 0.00329. The van der Waals surface area contributed by atoms with Crippen molar-refractivity contribution in [3.63, 3.8) is 0 Å². The van der Waals surface area contributed by atoms with E-state index in [1.165, 1.54) is 6.92 Å². The zero-order valence-corrected chi connectivity index (χ0v) is 14.3. The molecule has 0 unspecified atom stereocenters. The molecule has 142 valence electrons. The molecule has 0 aliphatic carbocycles. The van der Waals surface area contributed by atoms with Gasteiger partial charge in [0.05, 0.1) is 25.5 Å². The van der Waals surface area contributed by atoms with Crippen LogP contribution in [0.4, 0.5) is 5.69 Å². The molecule has 1 rings (SSSR count). The van der Waals surface area contributed by atoms with Crippen LogP contribution in [-0.2, 0) is 21.1 Å². The lowest BCUT2D eigenvalue weighted by Gasteiger charge is -2.21. The Balaban J connectivity index is 2.42. The molecule has 0 atom stereocenters. The van der Waals surface area contributed by atoms with Crippen LogP contribution in [0.1, 0.15) is 18.9 Å². The van der Waals surface area contributed by atoms with Crippen molar-refractivity contribution in [2.24, 2.45) is 0 Å². The summed E-state index contributed by atoms with van der Waals surface area (Å²) in [5.41, 5.74) is 3.34. The highest BCUT2D eigenvalue weighted by atomic mass is 17.2. The summed E-state index contributed by atoms with van der Waals surface area (Å²) in [6, 6.07) is 5.01. The third kappa shape index (κ3) is 8.66. The lowest BCUT2D eigenvalue weighted by molar-refractivity contribution is -0.215. The number of esters is 1. The number of carbonyl (C=O) groups excluding carboxylic acids is 1. The maximum absolute atomic E-state index is 10.8. The quantitative estimate of drug-likeness (QED) is 0.164. The fourth-order valence-corrected chi connectivity index (χ4v) is 2.20. The van der Waals surface area contributed by atoms with Gasteiger partial charge in [-0.1, -0.05) is 0 Å². The van der Waals surface area contributed by atoms with Crippen molar-refractivity contribution in [2.75, 3.05) is 44.9 Å². The number of aliphatic hydroxyl groups excluding tert-OH is 2. The van der Waals surface area contributed by atoms with Crippen molar-refractivity contribution in [2.45, 2.75) is 20.0 Å². The number of ether oxygens (including phenoxy) is 2. The number of aliphatic hydroxyl groups is 2. The van der Waals surface area contributed by atoms with Crippen molar-refractivity contribution in [3.8, 4) is 5.75 Å². The first-order chi connectivity index (χ1) is 12.6. The van der Waals surface area contributed by atoms with Crippen LogP contribution < -0.4 is 10.2 Å². The second kappa shape index (κ2) is 12.5. The van der Waals surface area contributed by atoms with E-state index in [0.29, 0.717) is 49.7 Å². The van der Waals surface area contributed by atoms with Gasteiger partial charge in [0.15, 0.2) is 0 Å². The van der Waals surface area contributed by atoms with Gasteiger partial charge in [-0.05, 0) is 24.6 Å². The summed E-state index contributed by atoms with van der Waals surface area (Å²) in [6.45, 7) is 3.84. The Labute approximate surface area is 148 Å². The van der Waals surface area contributed by atoms with Gasteiger partial charge in [-0.2, -0.15) is 0 Å². The van der Waals surface area contributed by atoms with Gasteiger partial charge >= 0.3 is 5.97 Å². The van der Waals surface area contributed by atoms with E-state index < -0.39 is 0 Å². The fraction of sp³-hybridized carbons (Fsp3) is 0.562. The molecule has 0 bridgehead atoms. The van der Waals surface area contributed by atoms with E-state index in [1.54, 1.807) is 18.2 Å². The summed E-state index contributed by atoms with van der Waals surface area (Å²) in [6.07, 6.45) is 0.712. The monoisotopic (exact) mass is 359 g/mol. The van der Waals surface area contributed by atoms with E-state index in [-0.39, 0.29) is 25.8 Å². The van der Waals surface area contributed by atoms with Crippen LogP contribution in [0, 0.1) is 0 Å². The van der Waals surface area contributed by atoms with E-state index in [2.05, 4.69) is 15.6 Å². The molecule has 0 aliphatic rings. The number of anilines is 1. The van der Waals surface area contributed by atoms with Gasteiger partial charge < -0.3 is 19.7 Å². The lowest BCUT2D eigenvalue weighted by Crippen LogP contribution is -2.32. The largest absolute Gasteiger partial charge is 0.494 e. The number of benzene rings is 1. The predicted molar refractivity (Wildman–Crippen MR) is 90.0 cm³/mol. The Hall–Kier alpha value is -1.91. The first-order valence-corrected chi connectivity index (χ1v) is 7.97. The molecule has 0 saturated carbocycles. The summed E-state index contributed by atoms with van der Waals surface area (Å²) in [5, 5.41) is 21.9. The zero-order valence-electron chi connectivity index (χ0n) is 15.3. The SMILES string of the molecule is [2H]OCc1cc(OCCCN(CCO)CCOC(C)=O)ccc1NOO. The summed E-state index contributed by atoms with van der Waals surface area (Å²) in [4.78, 5) is 16.7. The van der Waals surface area contributed by atoms with E-state index in [9.17, 15) is 4.79 Å². The molecule has 9 heteroatoms. The first-order valence-electron chi connectivity index (χ1n) is 8.38. The molecule has 0 saturated heterocycles. The van der Waals surface area contributed by atoms with Gasteiger partial charge in [0.25, 0.3) is 0 Å². The highest BCUT2D eigenvalue weighted by Gasteiger charge is 2.07. The second-order valence-electron chi connectivity index (χ2n) is 5.26. The Morgan fingerprint density at radius 1 is 1.32 bits per heavy atom. The zero-order chi connectivity index (χ0) is 19.2. The van der Waals surface area contributed by atoms with Crippen LogP contribution in [0.5, 0.6) is 5.75 Å². The first kappa shape index (κ1) is 19.4. The second-order valence-corrected chi connectivity index (χ2v) is 5.26. The number of nitrogens with one attached hydrogen (secondary N) is 1. The molecular weight excluding hydrogens is 332 g/mol. The van der Waals surface area contributed by atoms with Crippen LogP contribution in [-0.4, -0.2) is 67.2 Å². The molecule has 0 amide bonds. The van der Waals surface area contributed by atoms with Gasteiger partial charge in [0, 0.05) is 32.1 Å². The maximum Gasteiger partial charge on any atom is 0.302 e. The number of hydrogen-bond donors (Lipinski definition) is 4. The molecule has 9 nitrogen and oxygen atoms in total. The number of carbonyl (C=O) groups is 1. The maximum atomic E-state index is 10.8. The molecule has 0 radical (unpaired) electrons. The molecule has 0 aliphatic heterocycles. The van der Waals surface area contributed by atoms with E-state index in [0.717, 1.165) is 0 Å². The minimum Gasteiger partial charge on any atom is -0.494 e. The number of hydrogen-bond acceptors (Lipinski definition) is 9. The fourth-order valence-electron chi connectivity index (χ4n) is 2.20. The normalized spacial score (nSPS) is 11.3. The highest BCUT2D eigenvalue weighted by Crippen LogP contribution is 2.22. The molecule has 0 heterocycles. The average Bonchev–Trinajstić information content (AvgIpc) is 2.60. The Morgan fingerprint density at radius 3 is 2.84 bits per heavy atom. The summed E-state index contributed by atoms with van der Waals surface area (Å²) < 4.78 is 17.4. The topological polar surface area (TPSA) is 121 Å². The molecule has 0 fully saturated rings. The molecule has 25 heavy (non-hydrogen) atoms. The van der Waals surface area contributed by atoms with Crippen LogP contribution in [0.15, 0.2) is 18.2 Å². The summed E-state index contributed by atoms with van der Waals surface area (Å²) in [7, 11) is 0. The predicted octanol–water partition coefficient (Wildman–Crippen LogP) is 0.622. The third-order valence-electron chi connectivity index (χ3n) is 3.40. The molecule has 1 aromatic carbocycles. The summed E-state index contributed by atoms with van der Waals surface area (Å²) >= 11 is 0. The minimum atomic E-state index is -0.325. The summed E-state index contributed by atoms with van der Waals surface area (Å²) in [5.74, 6) is 0.267. The van der Waals surface area contributed by atoms with E-state index >= 15 is 0 Å². The Kier molecular flexibility index (Phi) is 9.67. The van der Waals surface area contributed by atoms with Gasteiger partial charge in [0.1, 0.15) is 12.4 Å². The van der Waals surface area contributed by atoms with Crippen molar-refractivity contribution in [3.05, 3.63) is 23.8 Å². The van der Waals surface area contributed by atoms with Gasteiger partial charge in [0.2, 0.25) is 1.43 Å². The van der Waals surface area contributed by atoms with Crippen LogP contribution in [0.25, 0.3) is 0 Å². The Bertz CT molecular complexity index is 533. The standard InChI is InChI=1S/C16H26N2O7/c1-13(21)23-10-7-18(6-8-19)5-2-9-24-15-3-4-16(17-25-22)14(11-15)12-20/h3-4,11,17,19-20,22H,2,5-10,12H2,1H3/i20D. The van der Waals surface area contributed by atoms with Gasteiger partial charge in [-0.3, -0.25) is 9.69 Å². The van der Waals surface area contributed by atoms with E-state index in [4.69, 9.17) is 21.3 Å². The molecule has 0 spiro atoms. The van der Waals surface area contributed by atoms with Gasteiger partial charge in [-0.25, -0.2) is 10.7 Å². The lowest BCUT2D eigenvalue weighted by atomic mass is 10.2. The van der Waals surface area contributed by atoms with Crippen molar-refractivity contribution >= 4 is 11.7 Å². The van der Waals surface area contributed by atoms with Gasteiger partial charge in [-0.15, -0.1) is 4.99 Å². The highest BCUT2D eigenvalue weighted by molar-refractivity contribution is 5.65. The molecule has 0 aromatic heterocycles. The van der Waals surface area contributed by atoms with Crippen LogP contribution >= 0.6 is 0 Å².